The number of nitroso groups, excluding NO2 is 1. The van der Waals surface area contributed by atoms with Crippen molar-refractivity contribution in [3.05, 3.63) is 29.3 Å². The summed E-state index contributed by atoms with van der Waals surface area (Å²) in [4.78, 5) is 13.4. The Morgan fingerprint density at radius 3 is 2.55 bits per heavy atom. The van der Waals surface area contributed by atoms with Crippen molar-refractivity contribution in [3.8, 4) is 0 Å². The lowest BCUT2D eigenvalue weighted by Crippen LogP contribution is -2.40. The first kappa shape index (κ1) is 13.9. The molecule has 2 aliphatic rings. The molecule has 2 fully saturated rings. The predicted octanol–water partition coefficient (Wildman–Crippen LogP) is 4.01. The Morgan fingerprint density at radius 1 is 1.05 bits per heavy atom. The third-order valence-electron chi connectivity index (χ3n) is 5.37. The first-order valence-corrected chi connectivity index (χ1v) is 8.40. The second-order valence-electron chi connectivity index (χ2n) is 6.63. The number of benzene rings is 1. The minimum absolute atomic E-state index is 0.442. The molecule has 4 rings (SSSR count). The molecule has 0 spiro atoms. The van der Waals surface area contributed by atoms with Gasteiger partial charge < -0.3 is 4.90 Å². The number of rotatable bonds is 3. The standard InChI is InChI=1S/C17H22N4O/c22-19-14-6-5-13-12-18-21(17(13)11-14)16-7-9-20(10-8-16)15-3-1-2-4-15/h5-6,11-12,15-16H,1-4,7-10H2. The van der Waals surface area contributed by atoms with E-state index in [1.165, 1.54) is 38.8 Å². The number of hydrogen-bond donors (Lipinski definition) is 0. The summed E-state index contributed by atoms with van der Waals surface area (Å²) in [5, 5.41) is 8.71. The van der Waals surface area contributed by atoms with Gasteiger partial charge >= 0.3 is 0 Å². The van der Waals surface area contributed by atoms with Gasteiger partial charge in [0.15, 0.2) is 0 Å². The lowest BCUT2D eigenvalue weighted by atomic mass is 10.0. The second kappa shape index (κ2) is 5.80. The van der Waals surface area contributed by atoms with E-state index in [2.05, 4.69) is 19.9 Å². The van der Waals surface area contributed by atoms with Crippen LogP contribution < -0.4 is 0 Å². The Morgan fingerprint density at radius 2 is 1.82 bits per heavy atom. The molecule has 0 atom stereocenters. The zero-order valence-corrected chi connectivity index (χ0v) is 12.8. The van der Waals surface area contributed by atoms with Gasteiger partial charge in [-0.15, -0.1) is 4.91 Å². The summed E-state index contributed by atoms with van der Waals surface area (Å²) in [5.74, 6) is 0. The van der Waals surface area contributed by atoms with Gasteiger partial charge in [-0.1, -0.05) is 12.8 Å². The van der Waals surface area contributed by atoms with Crippen LogP contribution in [0.25, 0.3) is 10.9 Å². The Hall–Kier alpha value is -1.75. The average Bonchev–Trinajstić information content (AvgIpc) is 3.24. The molecule has 1 aromatic carbocycles. The normalized spacial score (nSPS) is 21.6. The molecule has 2 heterocycles. The number of nitrogens with zero attached hydrogens (tertiary/aromatic N) is 4. The van der Waals surface area contributed by atoms with Crippen molar-refractivity contribution < 1.29 is 0 Å². The molecule has 22 heavy (non-hydrogen) atoms. The number of hydrogen-bond acceptors (Lipinski definition) is 4. The summed E-state index contributed by atoms with van der Waals surface area (Å²) in [6.07, 6.45) is 9.74. The fourth-order valence-corrected chi connectivity index (χ4v) is 4.14. The summed E-state index contributed by atoms with van der Waals surface area (Å²) >= 11 is 0. The largest absolute Gasteiger partial charge is 0.300 e. The van der Waals surface area contributed by atoms with Crippen LogP contribution in [0.1, 0.15) is 44.6 Å². The van der Waals surface area contributed by atoms with Crippen LogP contribution in [0.4, 0.5) is 5.69 Å². The Balaban J connectivity index is 1.52. The highest BCUT2D eigenvalue weighted by Crippen LogP contribution is 2.32. The highest BCUT2D eigenvalue weighted by Gasteiger charge is 2.28. The predicted molar refractivity (Wildman–Crippen MR) is 87.3 cm³/mol. The quantitative estimate of drug-likeness (QED) is 0.804. The topological polar surface area (TPSA) is 50.5 Å². The molecule has 1 aromatic heterocycles. The molecular formula is C17H22N4O. The van der Waals surface area contributed by atoms with Crippen LogP contribution in [0.5, 0.6) is 0 Å². The molecule has 116 valence electrons. The summed E-state index contributed by atoms with van der Waals surface area (Å²) in [6.45, 7) is 2.34. The molecular weight excluding hydrogens is 276 g/mol. The maximum atomic E-state index is 10.8. The van der Waals surface area contributed by atoms with Crippen LogP contribution >= 0.6 is 0 Å². The summed E-state index contributed by atoms with van der Waals surface area (Å²) in [5.41, 5.74) is 1.52. The van der Waals surface area contributed by atoms with Gasteiger partial charge in [0.25, 0.3) is 0 Å². The fraction of sp³-hybridized carbons (Fsp3) is 0.588. The van der Waals surface area contributed by atoms with E-state index in [4.69, 9.17) is 0 Å². The maximum Gasteiger partial charge on any atom is 0.110 e. The molecule has 1 aliphatic carbocycles. The summed E-state index contributed by atoms with van der Waals surface area (Å²) < 4.78 is 2.11. The molecule has 1 saturated carbocycles. The Kier molecular flexibility index (Phi) is 3.66. The minimum Gasteiger partial charge on any atom is -0.300 e. The third-order valence-corrected chi connectivity index (χ3v) is 5.37. The molecule has 0 bridgehead atoms. The highest BCUT2D eigenvalue weighted by molar-refractivity contribution is 5.81. The van der Waals surface area contributed by atoms with Crippen molar-refractivity contribution in [3.63, 3.8) is 0 Å². The molecule has 0 N–H and O–H groups in total. The first-order valence-electron chi connectivity index (χ1n) is 8.40. The van der Waals surface area contributed by atoms with Crippen molar-refractivity contribution in [1.82, 2.24) is 14.7 Å². The van der Waals surface area contributed by atoms with Crippen molar-refractivity contribution >= 4 is 16.6 Å². The van der Waals surface area contributed by atoms with Crippen LogP contribution in [0, 0.1) is 4.91 Å². The van der Waals surface area contributed by atoms with Crippen molar-refractivity contribution in [1.29, 1.82) is 0 Å². The molecule has 2 aromatic rings. The second-order valence-corrected chi connectivity index (χ2v) is 6.63. The lowest BCUT2D eigenvalue weighted by molar-refractivity contribution is 0.134. The van der Waals surface area contributed by atoms with Crippen molar-refractivity contribution in [2.45, 2.75) is 50.6 Å². The summed E-state index contributed by atoms with van der Waals surface area (Å²) in [6, 6.07) is 6.81. The molecule has 5 nitrogen and oxygen atoms in total. The summed E-state index contributed by atoms with van der Waals surface area (Å²) in [7, 11) is 0. The van der Waals surface area contributed by atoms with Gasteiger partial charge in [-0.05, 0) is 49.1 Å². The van der Waals surface area contributed by atoms with Gasteiger partial charge in [-0.3, -0.25) is 4.68 Å². The van der Waals surface area contributed by atoms with E-state index in [1.807, 2.05) is 18.3 Å². The molecule has 1 saturated heterocycles. The van der Waals surface area contributed by atoms with Gasteiger partial charge in [-0.2, -0.15) is 5.10 Å². The van der Waals surface area contributed by atoms with Crippen molar-refractivity contribution in [2.75, 3.05) is 13.1 Å². The van der Waals surface area contributed by atoms with E-state index in [1.54, 1.807) is 6.07 Å². The van der Waals surface area contributed by atoms with Gasteiger partial charge in [-0.25, -0.2) is 0 Å². The lowest BCUT2D eigenvalue weighted by Gasteiger charge is -2.36. The number of fused-ring (bicyclic) bond motifs is 1. The van der Waals surface area contributed by atoms with E-state index in [-0.39, 0.29) is 0 Å². The van der Waals surface area contributed by atoms with Crippen LogP contribution in [-0.4, -0.2) is 33.8 Å². The molecule has 0 radical (unpaired) electrons. The molecule has 5 heteroatoms. The van der Waals surface area contributed by atoms with E-state index in [0.29, 0.717) is 11.7 Å². The average molecular weight is 298 g/mol. The van der Waals surface area contributed by atoms with E-state index < -0.39 is 0 Å². The number of likely N-dealkylation sites (tertiary alicyclic amines) is 1. The zero-order chi connectivity index (χ0) is 14.9. The van der Waals surface area contributed by atoms with E-state index in [0.717, 1.165) is 29.8 Å². The number of piperidine rings is 1. The van der Waals surface area contributed by atoms with E-state index in [9.17, 15) is 4.91 Å². The zero-order valence-electron chi connectivity index (χ0n) is 12.8. The molecule has 1 aliphatic heterocycles. The van der Waals surface area contributed by atoms with Gasteiger partial charge in [0.2, 0.25) is 0 Å². The maximum absolute atomic E-state index is 10.8. The Labute approximate surface area is 130 Å². The monoisotopic (exact) mass is 298 g/mol. The van der Waals surface area contributed by atoms with Crippen LogP contribution in [0.15, 0.2) is 29.6 Å². The molecule has 0 unspecified atom stereocenters. The van der Waals surface area contributed by atoms with E-state index >= 15 is 0 Å². The van der Waals surface area contributed by atoms with Crippen LogP contribution in [0.2, 0.25) is 0 Å². The Bertz CT molecular complexity index is 666. The van der Waals surface area contributed by atoms with Gasteiger partial charge in [0.05, 0.1) is 17.8 Å². The molecule has 0 amide bonds. The first-order chi connectivity index (χ1) is 10.8. The van der Waals surface area contributed by atoms with Gasteiger partial charge in [0.1, 0.15) is 5.69 Å². The van der Waals surface area contributed by atoms with Crippen LogP contribution in [0.3, 0.4) is 0 Å². The van der Waals surface area contributed by atoms with Crippen molar-refractivity contribution in [2.24, 2.45) is 5.18 Å². The number of aromatic nitrogens is 2. The highest BCUT2D eigenvalue weighted by atomic mass is 16.3. The third kappa shape index (κ3) is 2.43. The van der Waals surface area contributed by atoms with Gasteiger partial charge in [0, 0.05) is 24.5 Å². The van der Waals surface area contributed by atoms with Crippen LogP contribution in [-0.2, 0) is 0 Å². The fourth-order valence-electron chi connectivity index (χ4n) is 4.14. The minimum atomic E-state index is 0.442. The smallest absolute Gasteiger partial charge is 0.110 e. The SMILES string of the molecule is O=Nc1ccc2cnn(C3CCN(C4CCCC4)CC3)c2c1.